The van der Waals surface area contributed by atoms with Gasteiger partial charge in [-0.25, -0.2) is 9.78 Å². The molecule has 5 aromatic rings. The molecule has 6 heterocycles. The number of urea groups is 1. The lowest BCUT2D eigenvalue weighted by Crippen LogP contribution is -2.49. The summed E-state index contributed by atoms with van der Waals surface area (Å²) >= 11 is 0. The van der Waals surface area contributed by atoms with Gasteiger partial charge in [-0.15, -0.1) is 0 Å². The second-order valence-electron chi connectivity index (χ2n) is 16.8. The molecular formula is C48H52N10O7. The fraction of sp³-hybridized carbons (Fsp3) is 0.396. The molecule has 9 rings (SSSR count). The van der Waals surface area contributed by atoms with Gasteiger partial charge in [0.1, 0.15) is 17.3 Å². The van der Waals surface area contributed by atoms with E-state index in [9.17, 15) is 24.4 Å². The number of methoxy groups -OCH3 is 1. The molecule has 2 aromatic heterocycles. The SMILES string of the molecule is CCOc1cc([C@@H](CC#N)N2C(=O)c3ccnc(N4CCC(CCN5CCN(c6ccc(Oc7ccc8c(N9CCC(=O)NC9=O)nn(C)c8c7)cc6)CC5)CC4)c3C2=O)ccc1OC. The van der Waals surface area contributed by atoms with Crippen molar-refractivity contribution in [3.63, 3.8) is 0 Å². The van der Waals surface area contributed by atoms with Crippen LogP contribution >= 0.6 is 0 Å². The second kappa shape index (κ2) is 18.5. The number of aromatic nitrogens is 3. The Kier molecular flexibility index (Phi) is 12.3. The third-order valence-electron chi connectivity index (χ3n) is 13.0. The quantitative estimate of drug-likeness (QED) is 0.123. The van der Waals surface area contributed by atoms with Crippen molar-refractivity contribution in [1.29, 1.82) is 5.26 Å². The monoisotopic (exact) mass is 880 g/mol. The first-order valence-electron chi connectivity index (χ1n) is 22.3. The fourth-order valence-corrected chi connectivity index (χ4v) is 9.46. The molecule has 0 radical (unpaired) electrons. The van der Waals surface area contributed by atoms with Gasteiger partial charge in [0.05, 0.1) is 48.9 Å². The summed E-state index contributed by atoms with van der Waals surface area (Å²) in [5.74, 6) is 2.82. The van der Waals surface area contributed by atoms with E-state index in [0.29, 0.717) is 63.8 Å². The number of amides is 5. The number of carbonyl (C=O) groups is 4. The topological polar surface area (TPSA) is 179 Å². The second-order valence-corrected chi connectivity index (χ2v) is 16.8. The Bertz CT molecular complexity index is 2660. The van der Waals surface area contributed by atoms with Crippen molar-refractivity contribution < 1.29 is 33.4 Å². The summed E-state index contributed by atoms with van der Waals surface area (Å²) < 4.78 is 19.1. The van der Waals surface area contributed by atoms with Crippen molar-refractivity contribution in [2.45, 2.75) is 45.1 Å². The van der Waals surface area contributed by atoms with Crippen LogP contribution in [0.4, 0.5) is 22.1 Å². The minimum absolute atomic E-state index is 0.0687. The van der Waals surface area contributed by atoms with E-state index < -0.39 is 23.9 Å². The van der Waals surface area contributed by atoms with Crippen molar-refractivity contribution in [2.75, 3.05) is 80.8 Å². The van der Waals surface area contributed by atoms with E-state index in [2.05, 4.69) is 48.3 Å². The third kappa shape index (κ3) is 8.61. The van der Waals surface area contributed by atoms with E-state index in [1.165, 1.54) is 9.80 Å². The number of fused-ring (bicyclic) bond motifs is 2. The Labute approximate surface area is 377 Å². The van der Waals surface area contributed by atoms with Gasteiger partial charge in [-0.2, -0.15) is 10.4 Å². The third-order valence-corrected chi connectivity index (χ3v) is 13.0. The van der Waals surface area contributed by atoms with Crippen LogP contribution in [0.3, 0.4) is 0 Å². The van der Waals surface area contributed by atoms with E-state index in [4.69, 9.17) is 14.2 Å². The van der Waals surface area contributed by atoms with Gasteiger partial charge >= 0.3 is 6.03 Å². The van der Waals surface area contributed by atoms with Gasteiger partial charge in [-0.05, 0) is 98.8 Å². The molecule has 3 fully saturated rings. The van der Waals surface area contributed by atoms with Crippen LogP contribution in [0.15, 0.2) is 72.9 Å². The first kappa shape index (κ1) is 43.1. The number of benzene rings is 3. The summed E-state index contributed by atoms with van der Waals surface area (Å²) in [4.78, 5) is 66.6. The van der Waals surface area contributed by atoms with Gasteiger partial charge in [0, 0.05) is 82.6 Å². The first-order chi connectivity index (χ1) is 31.6. The number of ether oxygens (including phenoxy) is 3. The van der Waals surface area contributed by atoms with Crippen LogP contribution in [0, 0.1) is 17.2 Å². The molecule has 1 atom stereocenters. The number of hydrogen-bond donors (Lipinski definition) is 1. The maximum absolute atomic E-state index is 14.2. The highest BCUT2D eigenvalue weighted by Crippen LogP contribution is 2.40. The zero-order valence-electron chi connectivity index (χ0n) is 36.9. The number of anilines is 3. The molecule has 4 aliphatic heterocycles. The molecule has 17 nitrogen and oxygen atoms in total. The largest absolute Gasteiger partial charge is 0.493 e. The van der Waals surface area contributed by atoms with Crippen molar-refractivity contribution >= 4 is 52.0 Å². The smallest absolute Gasteiger partial charge is 0.329 e. The first-order valence-corrected chi connectivity index (χ1v) is 22.3. The average molecular weight is 881 g/mol. The number of hydrogen-bond acceptors (Lipinski definition) is 13. The van der Waals surface area contributed by atoms with E-state index in [0.717, 1.165) is 81.7 Å². The zero-order valence-corrected chi connectivity index (χ0v) is 36.9. The number of nitriles is 1. The van der Waals surface area contributed by atoms with Gasteiger partial charge in [0.2, 0.25) is 5.91 Å². The lowest BCUT2D eigenvalue weighted by molar-refractivity contribution is -0.120. The molecule has 0 spiro atoms. The van der Waals surface area contributed by atoms with Gasteiger partial charge < -0.3 is 24.0 Å². The lowest BCUT2D eigenvalue weighted by atomic mass is 9.93. The minimum Gasteiger partial charge on any atom is -0.493 e. The van der Waals surface area contributed by atoms with Gasteiger partial charge in [-0.1, -0.05) is 6.07 Å². The maximum Gasteiger partial charge on any atom is 0.329 e. The number of piperidine rings is 1. The van der Waals surface area contributed by atoms with Crippen molar-refractivity contribution in [1.82, 2.24) is 29.9 Å². The van der Waals surface area contributed by atoms with E-state index in [1.807, 2.05) is 44.3 Å². The molecule has 336 valence electrons. The van der Waals surface area contributed by atoms with Crippen LogP contribution in [-0.2, 0) is 11.8 Å². The molecule has 0 unspecified atom stereocenters. The number of imide groups is 2. The highest BCUT2D eigenvalue weighted by molar-refractivity contribution is 6.23. The predicted molar refractivity (Wildman–Crippen MR) is 243 cm³/mol. The van der Waals surface area contributed by atoms with Crippen molar-refractivity contribution in [2.24, 2.45) is 13.0 Å². The highest BCUT2D eigenvalue weighted by atomic mass is 16.5. The Morgan fingerprint density at radius 2 is 1.62 bits per heavy atom. The zero-order chi connectivity index (χ0) is 45.2. The number of nitrogens with zero attached hydrogens (tertiary/aromatic N) is 9. The molecule has 17 heteroatoms. The molecule has 3 saturated heterocycles. The molecule has 0 saturated carbocycles. The van der Waals surface area contributed by atoms with E-state index in [-0.39, 0.29) is 25.3 Å². The number of aryl methyl sites for hydroxylation is 1. The summed E-state index contributed by atoms with van der Waals surface area (Å²) in [6.07, 6.45) is 4.78. The minimum atomic E-state index is -0.801. The van der Waals surface area contributed by atoms with E-state index >= 15 is 0 Å². The molecule has 5 amide bonds. The molecule has 1 N–H and O–H groups in total. The van der Waals surface area contributed by atoms with Crippen LogP contribution in [0.25, 0.3) is 10.9 Å². The fourth-order valence-electron chi connectivity index (χ4n) is 9.46. The Balaban J connectivity index is 0.754. The summed E-state index contributed by atoms with van der Waals surface area (Å²) in [6.45, 7) is 8.85. The molecule has 4 aliphatic rings. The predicted octanol–water partition coefficient (Wildman–Crippen LogP) is 6.29. The summed E-state index contributed by atoms with van der Waals surface area (Å²) in [6, 6.07) is 21.6. The Morgan fingerprint density at radius 3 is 2.34 bits per heavy atom. The highest BCUT2D eigenvalue weighted by Gasteiger charge is 2.44. The Morgan fingerprint density at radius 1 is 0.846 bits per heavy atom. The van der Waals surface area contributed by atoms with Gasteiger partial charge in [0.15, 0.2) is 17.3 Å². The normalized spacial score (nSPS) is 17.6. The van der Waals surface area contributed by atoms with Crippen LogP contribution in [0.2, 0.25) is 0 Å². The maximum atomic E-state index is 14.2. The van der Waals surface area contributed by atoms with Crippen LogP contribution in [0.1, 0.15) is 71.3 Å². The number of carbonyl (C=O) groups excluding carboxylic acids is 4. The summed E-state index contributed by atoms with van der Waals surface area (Å²) in [5.41, 5.74) is 3.20. The van der Waals surface area contributed by atoms with Crippen molar-refractivity contribution in [3.8, 4) is 29.1 Å². The number of piperazine rings is 1. The lowest BCUT2D eigenvalue weighted by Gasteiger charge is -2.38. The molecule has 0 bridgehead atoms. The number of pyridine rings is 1. The van der Waals surface area contributed by atoms with Gasteiger partial charge in [0.25, 0.3) is 11.8 Å². The Hall–Kier alpha value is -7.19. The number of nitrogens with one attached hydrogen (secondary N) is 1. The number of rotatable bonds is 14. The molecule has 3 aromatic carbocycles. The molecule has 65 heavy (non-hydrogen) atoms. The van der Waals surface area contributed by atoms with E-state index in [1.54, 1.807) is 42.3 Å². The standard InChI is InChI=1S/C48H52N10O7/c1-4-64-41-29-32(5-12-40(41)63-3)38(13-19-49)58-46(60)37-14-20-50-45(43(37)47(58)61)56-22-16-31(17-23-56)15-21-54-25-27-55(28-26-54)33-6-8-34(9-7-33)65-35-10-11-36-39(30-35)53(2)52-44(36)57-24-18-42(59)51-48(57)62/h5-12,14,20,29-31,38H,4,13,15-18,21-28H2,1-3H3,(H,51,59,62)/t38-/m1/s1. The van der Waals surface area contributed by atoms with Crippen LogP contribution in [-0.4, -0.2) is 114 Å². The van der Waals surface area contributed by atoms with Crippen molar-refractivity contribution in [3.05, 3.63) is 89.6 Å². The molecule has 0 aliphatic carbocycles. The molecular weight excluding hydrogens is 829 g/mol. The average Bonchev–Trinajstić information content (AvgIpc) is 3.78. The summed E-state index contributed by atoms with van der Waals surface area (Å²) in [5, 5.41) is 17.5. The van der Waals surface area contributed by atoms with Crippen LogP contribution in [0.5, 0.6) is 23.0 Å². The van der Waals surface area contributed by atoms with Crippen LogP contribution < -0.4 is 34.2 Å². The van der Waals surface area contributed by atoms with Gasteiger partial charge in [-0.3, -0.25) is 39.1 Å². The summed E-state index contributed by atoms with van der Waals surface area (Å²) in [7, 11) is 3.37.